The average molecular weight is 1120 g/mol. The third-order valence-corrected chi connectivity index (χ3v) is 11.3. The smallest absolute Gasteiger partial charge is 0.292 e. The van der Waals surface area contributed by atoms with Crippen LogP contribution in [0.15, 0.2) is 122 Å². The van der Waals surface area contributed by atoms with E-state index in [4.69, 9.17) is 0 Å². The summed E-state index contributed by atoms with van der Waals surface area (Å²) in [6, 6.07) is 1.35. The number of aromatic nitrogens is 2. The van der Waals surface area contributed by atoms with E-state index in [1.54, 1.807) is 6.20 Å². The van der Waals surface area contributed by atoms with E-state index in [0.29, 0.717) is 5.69 Å². The number of benzene rings is 5. The lowest BCUT2D eigenvalue weighted by atomic mass is 9.12. The van der Waals surface area contributed by atoms with Crippen LogP contribution in [0.1, 0.15) is 81.3 Å². The lowest BCUT2D eigenvalue weighted by molar-refractivity contribution is -0.689. The summed E-state index contributed by atoms with van der Waals surface area (Å²) in [4.78, 5) is 16.4. The summed E-state index contributed by atoms with van der Waals surface area (Å²) in [5.41, 5.74) is -28.9. The number of ketones is 1. The molecular formula is C48H31BF24N2O. The molecule has 0 aliphatic heterocycles. The first-order chi connectivity index (χ1) is 34.2. The number of rotatable bonds is 7. The molecule has 0 atom stereocenters. The first-order valence-electron chi connectivity index (χ1n) is 21.0. The zero-order valence-corrected chi connectivity index (χ0v) is 38.2. The van der Waals surface area contributed by atoms with Crippen molar-refractivity contribution >= 4 is 33.8 Å². The Hall–Kier alpha value is -6.77. The van der Waals surface area contributed by atoms with Crippen LogP contribution in [0.25, 0.3) is 0 Å². The van der Waals surface area contributed by atoms with E-state index < -0.39 is 200 Å². The minimum Gasteiger partial charge on any atom is -0.292 e. The molecule has 6 rings (SSSR count). The zero-order valence-electron chi connectivity index (χ0n) is 38.2. The Morgan fingerprint density at radius 1 is 0.408 bits per heavy atom. The Balaban J connectivity index is 0.000000468. The van der Waals surface area contributed by atoms with Crippen molar-refractivity contribution in [2.24, 2.45) is 5.41 Å². The van der Waals surface area contributed by atoms with E-state index in [1.165, 1.54) is 5.56 Å². The highest BCUT2D eigenvalue weighted by atomic mass is 19.4. The summed E-state index contributed by atoms with van der Waals surface area (Å²) in [5.74, 6) is 0.0647. The van der Waals surface area contributed by atoms with E-state index >= 15 is 0 Å². The number of carbonyl (C=O) groups excluding carboxylic acids is 1. The van der Waals surface area contributed by atoms with Gasteiger partial charge in [-0.15, -0.1) is 0 Å². The lowest BCUT2D eigenvalue weighted by Gasteiger charge is -2.46. The number of carbonyl (C=O) groups is 1. The van der Waals surface area contributed by atoms with Crippen molar-refractivity contribution in [3.8, 4) is 0 Å². The van der Waals surface area contributed by atoms with Gasteiger partial charge in [0.05, 0.1) is 50.7 Å². The summed E-state index contributed by atoms with van der Waals surface area (Å²) < 4.78 is 343. The van der Waals surface area contributed by atoms with Crippen LogP contribution in [0.4, 0.5) is 105 Å². The Labute approximate surface area is 412 Å². The molecule has 0 radical (unpaired) electrons. The summed E-state index contributed by atoms with van der Waals surface area (Å²) in [7, 11) is 0. The summed E-state index contributed by atoms with van der Waals surface area (Å²) in [6.45, 7) is 6.47. The second-order valence-corrected chi connectivity index (χ2v) is 17.9. The fourth-order valence-corrected chi connectivity index (χ4v) is 7.90. The molecular weight excluding hydrogens is 1090 g/mol. The summed E-state index contributed by atoms with van der Waals surface area (Å²) in [5, 5.41) is 0. The molecule has 76 heavy (non-hydrogen) atoms. The quantitative estimate of drug-likeness (QED) is 0.0691. The van der Waals surface area contributed by atoms with Crippen molar-refractivity contribution in [3.05, 3.63) is 177 Å². The van der Waals surface area contributed by atoms with Crippen molar-refractivity contribution in [2.75, 3.05) is 0 Å². The average Bonchev–Trinajstić information content (AvgIpc) is 3.27. The van der Waals surface area contributed by atoms with Crippen LogP contribution in [0, 0.1) is 5.41 Å². The SMILES string of the molecule is CC(C)(C)C(=O)c1c[n+](Cc2ccccc2)ccn1.FC(F)(F)c1cc([B-](c2cc(C(F)(F)F)cc(C(F)(F)F)c2)(c2cc(C(F)(F)F)cc(C(F)(F)F)c2)c2cc(C(F)(F)F)cc(C(F)(F)F)c2)cc(C(F)(F)F)c1. The van der Waals surface area contributed by atoms with Crippen molar-refractivity contribution in [3.63, 3.8) is 0 Å². The molecule has 6 aromatic rings. The molecule has 28 heteroatoms. The van der Waals surface area contributed by atoms with Gasteiger partial charge in [-0.25, -0.2) is 4.98 Å². The fourth-order valence-electron chi connectivity index (χ4n) is 7.90. The Morgan fingerprint density at radius 3 is 0.882 bits per heavy atom. The maximum absolute atomic E-state index is 14.2. The zero-order chi connectivity index (χ0) is 57.8. The molecule has 0 N–H and O–H groups in total. The largest absolute Gasteiger partial charge is 0.416 e. The van der Waals surface area contributed by atoms with Gasteiger partial charge in [-0.2, -0.15) is 132 Å². The molecule has 0 unspecified atom stereocenters. The number of hydrogen-bond donors (Lipinski definition) is 0. The van der Waals surface area contributed by atoms with Gasteiger partial charge in [0, 0.05) is 11.0 Å². The van der Waals surface area contributed by atoms with Gasteiger partial charge in [0.1, 0.15) is 6.15 Å². The van der Waals surface area contributed by atoms with Crippen LogP contribution in [0.2, 0.25) is 0 Å². The Morgan fingerprint density at radius 2 is 0.658 bits per heavy atom. The standard InChI is InChI=1S/C32H12BF24.C16H19N2O/c34-25(35,36)13-1-14(26(37,38)39)6-21(5-13)33(22-7-15(27(40,41)42)2-16(8-22)28(43,44)45,23-9-17(29(46,47)48)3-18(10-23)30(49,50)51)24-11-19(31(52,53)54)4-20(12-24)32(55,56)57;1-16(2,3)15(19)14-12-18(10-9-17-14)11-13-7-5-4-6-8-13/h1-12H;4-10,12H,11H2,1-3H3/q-1;+1. The summed E-state index contributed by atoms with van der Waals surface area (Å²) >= 11 is 0. The molecule has 0 amide bonds. The van der Waals surface area contributed by atoms with Crippen molar-refractivity contribution in [1.82, 2.24) is 4.98 Å². The molecule has 410 valence electrons. The molecule has 0 spiro atoms. The highest BCUT2D eigenvalue weighted by molar-refractivity contribution is 7.20. The lowest BCUT2D eigenvalue weighted by Crippen LogP contribution is -2.75. The molecule has 0 saturated carbocycles. The van der Waals surface area contributed by atoms with Crippen molar-refractivity contribution < 1.29 is 115 Å². The molecule has 0 saturated heterocycles. The minimum absolute atomic E-state index is 0.0647. The van der Waals surface area contributed by atoms with E-state index in [1.807, 2.05) is 55.9 Å². The maximum Gasteiger partial charge on any atom is 0.416 e. The minimum atomic E-state index is -6.13. The number of nitrogens with zero attached hydrogens (tertiary/aromatic N) is 2. The molecule has 1 aromatic heterocycles. The fraction of sp³-hybridized carbons (Fsp3) is 0.271. The topological polar surface area (TPSA) is 33.8 Å². The van der Waals surface area contributed by atoms with Crippen LogP contribution in [0.5, 0.6) is 0 Å². The molecule has 3 nitrogen and oxygen atoms in total. The van der Waals surface area contributed by atoms with Crippen molar-refractivity contribution in [1.29, 1.82) is 0 Å². The Bertz CT molecular complexity index is 2630. The number of halogens is 24. The number of alkyl halides is 24. The molecule has 5 aromatic carbocycles. The highest BCUT2D eigenvalue weighted by Crippen LogP contribution is 2.41. The van der Waals surface area contributed by atoms with Crippen LogP contribution in [0.3, 0.4) is 0 Å². The van der Waals surface area contributed by atoms with Crippen LogP contribution in [-0.4, -0.2) is 16.9 Å². The van der Waals surface area contributed by atoms with E-state index in [9.17, 15) is 110 Å². The van der Waals surface area contributed by atoms with Gasteiger partial charge in [-0.05, 0) is 24.3 Å². The van der Waals surface area contributed by atoms with E-state index in [0.717, 1.165) is 6.54 Å². The molecule has 0 bridgehead atoms. The first-order valence-corrected chi connectivity index (χ1v) is 21.0. The van der Waals surface area contributed by atoms with Crippen LogP contribution >= 0.6 is 0 Å². The molecule has 0 fully saturated rings. The van der Waals surface area contributed by atoms with Gasteiger partial charge in [-0.3, -0.25) is 4.79 Å². The van der Waals surface area contributed by atoms with Crippen LogP contribution in [-0.2, 0) is 56.0 Å². The maximum atomic E-state index is 14.2. The molecule has 0 aliphatic rings. The highest BCUT2D eigenvalue weighted by Gasteiger charge is 2.47. The van der Waals surface area contributed by atoms with Crippen LogP contribution < -0.4 is 26.4 Å². The summed E-state index contributed by atoms with van der Waals surface area (Å²) in [6.07, 6.45) is -49.4. The second kappa shape index (κ2) is 20.3. The molecule has 0 aliphatic carbocycles. The molecule has 1 heterocycles. The third-order valence-electron chi connectivity index (χ3n) is 11.3. The first kappa shape index (κ1) is 60.1. The predicted octanol–water partition coefficient (Wildman–Crippen LogP) is 13.9. The van der Waals surface area contributed by atoms with Crippen molar-refractivity contribution in [2.45, 2.75) is 76.7 Å². The van der Waals surface area contributed by atoms with Gasteiger partial charge in [0.25, 0.3) is 0 Å². The number of Topliss-reactive ketones (excluding diaryl/α,β-unsaturated/α-hetero) is 1. The normalized spacial score (nSPS) is 13.6. The van der Waals surface area contributed by atoms with Gasteiger partial charge < -0.3 is 0 Å². The number of hydrogen-bond acceptors (Lipinski definition) is 2. The van der Waals surface area contributed by atoms with Gasteiger partial charge in [0.2, 0.25) is 0 Å². The second-order valence-electron chi connectivity index (χ2n) is 17.9. The predicted molar refractivity (Wildman–Crippen MR) is 224 cm³/mol. The van der Waals surface area contributed by atoms with Gasteiger partial charge in [0.15, 0.2) is 30.4 Å². The Kier molecular flexibility index (Phi) is 16.1. The third kappa shape index (κ3) is 14.0. The monoisotopic (exact) mass is 1120 g/mol. The van der Waals surface area contributed by atoms with E-state index in [-0.39, 0.29) is 5.78 Å². The van der Waals surface area contributed by atoms with Gasteiger partial charge >= 0.3 is 49.4 Å². The van der Waals surface area contributed by atoms with Gasteiger partial charge in [-0.1, -0.05) is 99.6 Å². The van der Waals surface area contributed by atoms with E-state index in [2.05, 4.69) is 17.1 Å².